The number of benzene rings is 1. The molecule has 1 aromatic rings. The van der Waals surface area contributed by atoms with Gasteiger partial charge >= 0.3 is 11.4 Å². The highest BCUT2D eigenvalue weighted by Gasteiger charge is 1.96. The maximum atomic E-state index is 10.3. The number of carboxylic acid groups (broad SMARTS) is 1. The lowest BCUT2D eigenvalue weighted by Gasteiger charge is -1.99. The molecule has 0 aromatic heterocycles. The lowest BCUT2D eigenvalue weighted by molar-refractivity contribution is -0.137. The van der Waals surface area contributed by atoms with Crippen molar-refractivity contribution in [3.05, 3.63) is 42.5 Å². The third-order valence-corrected chi connectivity index (χ3v) is 4.67. The summed E-state index contributed by atoms with van der Waals surface area (Å²) in [6.07, 6.45) is 21.2. The average Bonchev–Trinajstić information content (AvgIpc) is 2.71. The summed E-state index contributed by atoms with van der Waals surface area (Å²) < 4.78 is 4.54. The molecule has 1 aromatic carbocycles. The van der Waals surface area contributed by atoms with Gasteiger partial charge in [-0.3, -0.25) is 4.79 Å². The average molecular weight is 439 g/mol. The van der Waals surface area contributed by atoms with Crippen molar-refractivity contribution >= 4 is 23.0 Å². The van der Waals surface area contributed by atoms with Crippen LogP contribution in [0.25, 0.3) is 0 Å². The van der Waals surface area contributed by atoms with Gasteiger partial charge in [0.25, 0.3) is 0 Å². The zero-order valence-corrected chi connectivity index (χ0v) is 19.2. The van der Waals surface area contributed by atoms with Crippen LogP contribution in [-0.4, -0.2) is 16.5 Å². The van der Waals surface area contributed by atoms with E-state index in [2.05, 4.69) is 23.8 Å². The van der Waals surface area contributed by atoms with Crippen LogP contribution in [0.4, 0.5) is 4.79 Å². The van der Waals surface area contributed by atoms with E-state index in [4.69, 9.17) is 16.7 Å². The number of rotatable bonds is 16. The van der Waals surface area contributed by atoms with Crippen molar-refractivity contribution in [3.8, 4) is 5.75 Å². The molecule has 0 fully saturated rings. The van der Waals surface area contributed by atoms with Gasteiger partial charge in [0.1, 0.15) is 5.75 Å². The molecular formula is C25H39ClO4. The summed E-state index contributed by atoms with van der Waals surface area (Å²) in [5.41, 5.74) is -0.814. The molecule has 0 aliphatic rings. The van der Waals surface area contributed by atoms with Crippen molar-refractivity contribution in [2.75, 3.05) is 0 Å². The van der Waals surface area contributed by atoms with Gasteiger partial charge in [0, 0.05) is 18.0 Å². The first kappa shape index (κ1) is 28.2. The maximum absolute atomic E-state index is 10.3. The Hall–Kier alpha value is -1.81. The molecule has 0 saturated carbocycles. The molecule has 0 bridgehead atoms. The Balaban J connectivity index is 0.000000696. The van der Waals surface area contributed by atoms with Gasteiger partial charge in [-0.15, -0.1) is 0 Å². The minimum Gasteiger partial charge on any atom is -0.481 e. The Kier molecular flexibility index (Phi) is 20.6. The summed E-state index contributed by atoms with van der Waals surface area (Å²) in [5.74, 6) is -0.204. The second-order valence-electron chi connectivity index (χ2n) is 7.38. The summed E-state index contributed by atoms with van der Waals surface area (Å²) in [6.45, 7) is 2.26. The van der Waals surface area contributed by atoms with Crippen LogP contribution in [0.15, 0.2) is 42.5 Å². The van der Waals surface area contributed by atoms with Gasteiger partial charge in [-0.05, 0) is 44.2 Å². The molecule has 4 nitrogen and oxygen atoms in total. The van der Waals surface area contributed by atoms with Crippen molar-refractivity contribution < 1.29 is 19.4 Å². The van der Waals surface area contributed by atoms with Crippen LogP contribution in [0.3, 0.4) is 0 Å². The van der Waals surface area contributed by atoms with Crippen molar-refractivity contribution in [1.82, 2.24) is 0 Å². The molecule has 0 atom stereocenters. The number of carbonyl (C=O) groups excluding carboxylic acids is 1. The number of aliphatic carboxylic acids is 1. The molecule has 1 rings (SSSR count). The van der Waals surface area contributed by atoms with Crippen LogP contribution < -0.4 is 4.74 Å². The van der Waals surface area contributed by atoms with Crippen molar-refractivity contribution in [3.63, 3.8) is 0 Å². The Labute approximate surface area is 187 Å². The summed E-state index contributed by atoms with van der Waals surface area (Å²) in [4.78, 5) is 20.5. The zero-order chi connectivity index (χ0) is 22.3. The van der Waals surface area contributed by atoms with E-state index in [0.29, 0.717) is 12.2 Å². The number of para-hydroxylation sites is 1. The summed E-state index contributed by atoms with van der Waals surface area (Å²) in [7, 11) is 0. The van der Waals surface area contributed by atoms with E-state index < -0.39 is 11.4 Å². The van der Waals surface area contributed by atoms with Crippen LogP contribution in [0.2, 0.25) is 0 Å². The Morgan fingerprint density at radius 1 is 0.833 bits per heavy atom. The van der Waals surface area contributed by atoms with E-state index in [9.17, 15) is 9.59 Å². The highest BCUT2D eigenvalue weighted by molar-refractivity contribution is 6.61. The Morgan fingerprint density at radius 3 is 1.83 bits per heavy atom. The SMILES string of the molecule is CCCCCCCC/C=C/CCCCCCCC(=O)O.O=C(Cl)Oc1ccccc1. The largest absolute Gasteiger partial charge is 0.481 e. The fourth-order valence-electron chi connectivity index (χ4n) is 2.93. The van der Waals surface area contributed by atoms with Gasteiger partial charge in [0.2, 0.25) is 0 Å². The lowest BCUT2D eigenvalue weighted by atomic mass is 10.1. The minimum absolute atomic E-state index is 0.332. The molecular weight excluding hydrogens is 400 g/mol. The van der Waals surface area contributed by atoms with Gasteiger partial charge in [0.05, 0.1) is 0 Å². The molecule has 170 valence electrons. The number of hydrogen-bond acceptors (Lipinski definition) is 3. The summed E-state index contributed by atoms with van der Waals surface area (Å²) >= 11 is 4.95. The molecule has 0 aliphatic carbocycles. The summed E-state index contributed by atoms with van der Waals surface area (Å²) in [6, 6.07) is 8.65. The quantitative estimate of drug-likeness (QED) is 0.159. The van der Waals surface area contributed by atoms with E-state index in [-0.39, 0.29) is 0 Å². The van der Waals surface area contributed by atoms with Crippen LogP contribution in [0.5, 0.6) is 5.75 Å². The smallest absolute Gasteiger partial charge is 0.409 e. The molecule has 0 unspecified atom stereocenters. The predicted octanol–water partition coefficient (Wildman–Crippen LogP) is 8.53. The van der Waals surface area contributed by atoms with Crippen molar-refractivity contribution in [2.24, 2.45) is 0 Å². The van der Waals surface area contributed by atoms with E-state index >= 15 is 0 Å². The molecule has 0 saturated heterocycles. The van der Waals surface area contributed by atoms with Crippen LogP contribution >= 0.6 is 11.6 Å². The highest BCUT2D eigenvalue weighted by atomic mass is 35.5. The fourth-order valence-corrected chi connectivity index (χ4v) is 3.02. The van der Waals surface area contributed by atoms with E-state index in [1.54, 1.807) is 24.3 Å². The molecule has 1 N–H and O–H groups in total. The van der Waals surface area contributed by atoms with Crippen molar-refractivity contribution in [2.45, 2.75) is 96.8 Å². The van der Waals surface area contributed by atoms with E-state index in [0.717, 1.165) is 12.8 Å². The zero-order valence-electron chi connectivity index (χ0n) is 18.5. The Bertz CT molecular complexity index is 558. The standard InChI is InChI=1S/C18H34O2.C7H5ClO2/c1-2-3-4-5-6-7-8-9-10-11-12-13-14-15-16-17-18(19)20;8-7(9)10-6-4-2-1-3-5-6/h9-10H,2-8,11-17H2,1H3,(H,19,20);1-5H/b10-9+;. The highest BCUT2D eigenvalue weighted by Crippen LogP contribution is 2.10. The molecule has 0 spiro atoms. The number of allylic oxidation sites excluding steroid dienone is 2. The number of carbonyl (C=O) groups is 2. The molecule has 0 amide bonds. The first-order valence-electron chi connectivity index (χ1n) is 11.4. The second-order valence-corrected chi connectivity index (χ2v) is 7.69. The number of halogens is 1. The fraction of sp³-hybridized carbons (Fsp3) is 0.600. The molecule has 0 aliphatic heterocycles. The topological polar surface area (TPSA) is 63.6 Å². The van der Waals surface area contributed by atoms with Gasteiger partial charge in [-0.25, -0.2) is 4.79 Å². The van der Waals surface area contributed by atoms with Gasteiger partial charge in [-0.2, -0.15) is 0 Å². The normalized spacial score (nSPS) is 10.5. The number of hydrogen-bond donors (Lipinski definition) is 1. The third kappa shape index (κ3) is 22.5. The summed E-state index contributed by atoms with van der Waals surface area (Å²) in [5, 5.41) is 8.51. The van der Waals surface area contributed by atoms with Crippen molar-refractivity contribution in [1.29, 1.82) is 0 Å². The van der Waals surface area contributed by atoms with Crippen LogP contribution in [0, 0.1) is 0 Å². The Morgan fingerprint density at radius 2 is 1.33 bits per heavy atom. The predicted molar refractivity (Wildman–Crippen MR) is 125 cm³/mol. The van der Waals surface area contributed by atoms with Gasteiger partial charge in [-0.1, -0.05) is 88.6 Å². The molecule has 0 radical (unpaired) electrons. The van der Waals surface area contributed by atoms with Crippen LogP contribution in [-0.2, 0) is 4.79 Å². The first-order chi connectivity index (χ1) is 14.6. The number of unbranched alkanes of at least 4 members (excludes halogenated alkanes) is 11. The minimum atomic E-state index is -0.814. The van der Waals surface area contributed by atoms with Gasteiger partial charge < -0.3 is 9.84 Å². The molecule has 0 heterocycles. The number of carboxylic acids is 1. The third-order valence-electron chi connectivity index (χ3n) is 4.59. The maximum Gasteiger partial charge on any atom is 0.409 e. The second kappa shape index (κ2) is 21.9. The monoisotopic (exact) mass is 438 g/mol. The number of ether oxygens (including phenoxy) is 1. The molecule has 30 heavy (non-hydrogen) atoms. The van der Waals surface area contributed by atoms with Crippen LogP contribution in [0.1, 0.15) is 96.8 Å². The van der Waals surface area contributed by atoms with Gasteiger partial charge in [0.15, 0.2) is 0 Å². The first-order valence-corrected chi connectivity index (χ1v) is 11.7. The molecule has 5 heteroatoms. The van der Waals surface area contributed by atoms with E-state index in [1.165, 1.54) is 70.6 Å². The van der Waals surface area contributed by atoms with E-state index in [1.807, 2.05) is 6.07 Å². The lowest BCUT2D eigenvalue weighted by Crippen LogP contribution is -1.94.